The topological polar surface area (TPSA) is 79.3 Å². The highest BCUT2D eigenvalue weighted by Gasteiger charge is 2.31. The molecule has 168 valence electrons. The van der Waals surface area contributed by atoms with Crippen LogP contribution in [0.15, 0.2) is 35.3 Å². The second kappa shape index (κ2) is 9.59. The fourth-order valence-electron chi connectivity index (χ4n) is 3.40. The molecule has 0 bridgehead atoms. The van der Waals surface area contributed by atoms with Crippen molar-refractivity contribution in [2.45, 2.75) is 19.0 Å². The Balaban J connectivity index is 1.47. The molecule has 3 rings (SSSR count). The summed E-state index contributed by atoms with van der Waals surface area (Å²) >= 11 is 6.02. The van der Waals surface area contributed by atoms with Crippen molar-refractivity contribution >= 4 is 28.9 Å². The third kappa shape index (κ3) is 5.90. The number of aromatic nitrogens is 2. The van der Waals surface area contributed by atoms with Crippen LogP contribution in [0.5, 0.6) is 0 Å². The molecule has 1 fully saturated rings. The number of likely N-dealkylation sites (tertiary alicyclic amines) is 1. The highest BCUT2D eigenvalue weighted by atomic mass is 35.5. The molecule has 0 aliphatic carbocycles. The number of anilines is 2. The minimum Gasteiger partial charge on any atom is -0.384 e. The number of carbonyl (C=O) groups is 1. The Morgan fingerprint density at radius 2 is 1.90 bits per heavy atom. The van der Waals surface area contributed by atoms with Crippen LogP contribution in [0.4, 0.5) is 24.5 Å². The van der Waals surface area contributed by atoms with Crippen molar-refractivity contribution in [3.05, 3.63) is 51.4 Å². The SMILES string of the molecule is Cn1nccc(NCC(=O)N2CCC(CNc3cc(C(F)(F)F)ccc3Cl)CC2)c1=O. The lowest BCUT2D eigenvalue weighted by Crippen LogP contribution is -2.42. The molecule has 0 atom stereocenters. The van der Waals surface area contributed by atoms with E-state index in [1.54, 1.807) is 4.90 Å². The number of aryl methyl sites for hydroxylation is 1. The van der Waals surface area contributed by atoms with Crippen LogP contribution in [0.25, 0.3) is 0 Å². The van der Waals surface area contributed by atoms with Crippen LogP contribution in [0.2, 0.25) is 5.02 Å². The lowest BCUT2D eigenvalue weighted by molar-refractivity contribution is -0.137. The molecule has 2 N–H and O–H groups in total. The number of carbonyl (C=O) groups excluding carboxylic acids is 1. The number of halogens is 4. The summed E-state index contributed by atoms with van der Waals surface area (Å²) in [6.07, 6.45) is -1.52. The molecule has 7 nitrogen and oxygen atoms in total. The molecule has 1 saturated heterocycles. The molecule has 2 aromatic rings. The summed E-state index contributed by atoms with van der Waals surface area (Å²) < 4.78 is 39.9. The van der Waals surface area contributed by atoms with Crippen LogP contribution >= 0.6 is 11.6 Å². The zero-order valence-electron chi connectivity index (χ0n) is 16.9. The number of amides is 1. The van der Waals surface area contributed by atoms with Crippen molar-refractivity contribution in [2.24, 2.45) is 13.0 Å². The summed E-state index contributed by atoms with van der Waals surface area (Å²) in [5.74, 6) is 0.0845. The number of benzene rings is 1. The van der Waals surface area contributed by atoms with Crippen LogP contribution in [-0.4, -0.2) is 46.8 Å². The van der Waals surface area contributed by atoms with Crippen LogP contribution in [0, 0.1) is 5.92 Å². The number of nitrogens with one attached hydrogen (secondary N) is 2. The second-order valence-corrected chi connectivity index (χ2v) is 7.83. The van der Waals surface area contributed by atoms with Gasteiger partial charge in [0.1, 0.15) is 5.69 Å². The predicted molar refractivity (Wildman–Crippen MR) is 112 cm³/mol. The number of piperidine rings is 1. The molecule has 0 radical (unpaired) electrons. The van der Waals surface area contributed by atoms with Crippen LogP contribution in [0.3, 0.4) is 0 Å². The molecule has 31 heavy (non-hydrogen) atoms. The van der Waals surface area contributed by atoms with E-state index < -0.39 is 11.7 Å². The summed E-state index contributed by atoms with van der Waals surface area (Å²) in [5, 5.41) is 9.91. The Morgan fingerprint density at radius 3 is 2.58 bits per heavy atom. The Hall–Kier alpha value is -2.75. The lowest BCUT2D eigenvalue weighted by atomic mass is 9.96. The fourth-order valence-corrected chi connectivity index (χ4v) is 3.59. The van der Waals surface area contributed by atoms with Gasteiger partial charge in [-0.25, -0.2) is 4.68 Å². The fraction of sp³-hybridized carbons (Fsp3) is 0.450. The number of alkyl halides is 3. The first-order valence-corrected chi connectivity index (χ1v) is 10.2. The lowest BCUT2D eigenvalue weighted by Gasteiger charge is -2.32. The maximum atomic E-state index is 12.9. The molecule has 1 aliphatic heterocycles. The van der Waals surface area contributed by atoms with Gasteiger partial charge in [0.25, 0.3) is 5.56 Å². The minimum absolute atomic E-state index is 0.00200. The van der Waals surface area contributed by atoms with Crippen molar-refractivity contribution in [3.63, 3.8) is 0 Å². The van der Waals surface area contributed by atoms with Crippen molar-refractivity contribution in [1.29, 1.82) is 0 Å². The highest BCUT2D eigenvalue weighted by Crippen LogP contribution is 2.34. The van der Waals surface area contributed by atoms with E-state index in [0.717, 1.165) is 12.1 Å². The highest BCUT2D eigenvalue weighted by molar-refractivity contribution is 6.33. The maximum absolute atomic E-state index is 12.9. The van der Waals surface area contributed by atoms with Gasteiger partial charge in [0.05, 0.1) is 22.8 Å². The summed E-state index contributed by atoms with van der Waals surface area (Å²) in [6.45, 7) is 1.55. The third-order valence-electron chi connectivity index (χ3n) is 5.28. The van der Waals surface area contributed by atoms with Crippen molar-refractivity contribution in [2.75, 3.05) is 36.8 Å². The van der Waals surface area contributed by atoms with Gasteiger partial charge in [-0.2, -0.15) is 18.3 Å². The van der Waals surface area contributed by atoms with E-state index in [1.165, 1.54) is 30.1 Å². The first-order chi connectivity index (χ1) is 14.6. The molecule has 1 aliphatic rings. The van der Waals surface area contributed by atoms with Crippen LogP contribution < -0.4 is 16.2 Å². The van der Waals surface area contributed by atoms with E-state index in [1.807, 2.05) is 0 Å². The minimum atomic E-state index is -4.43. The Kier molecular flexibility index (Phi) is 7.09. The quantitative estimate of drug-likeness (QED) is 0.696. The maximum Gasteiger partial charge on any atom is 0.416 e. The van der Waals surface area contributed by atoms with Gasteiger partial charge in [-0.1, -0.05) is 11.6 Å². The van der Waals surface area contributed by atoms with Crippen LogP contribution in [-0.2, 0) is 18.0 Å². The van der Waals surface area contributed by atoms with E-state index in [0.29, 0.717) is 38.2 Å². The molecule has 2 heterocycles. The van der Waals surface area contributed by atoms with Crippen molar-refractivity contribution in [3.8, 4) is 0 Å². The number of hydrogen-bond donors (Lipinski definition) is 2. The molecular formula is C20H23ClF3N5O2. The molecular weight excluding hydrogens is 435 g/mol. The first-order valence-electron chi connectivity index (χ1n) is 9.79. The van der Waals surface area contributed by atoms with E-state index in [-0.39, 0.29) is 34.6 Å². The van der Waals surface area contributed by atoms with E-state index in [4.69, 9.17) is 11.6 Å². The Bertz CT molecular complexity index is 988. The molecule has 0 saturated carbocycles. The van der Waals surface area contributed by atoms with Gasteiger partial charge in [-0.05, 0) is 43.0 Å². The average Bonchev–Trinajstić information content (AvgIpc) is 2.73. The van der Waals surface area contributed by atoms with Gasteiger partial charge < -0.3 is 15.5 Å². The molecule has 1 aromatic carbocycles. The number of rotatable bonds is 6. The summed E-state index contributed by atoms with van der Waals surface area (Å²) in [4.78, 5) is 26.1. The third-order valence-corrected chi connectivity index (χ3v) is 5.61. The van der Waals surface area contributed by atoms with Crippen molar-refractivity contribution in [1.82, 2.24) is 14.7 Å². The Morgan fingerprint density at radius 1 is 1.19 bits per heavy atom. The number of nitrogens with zero attached hydrogens (tertiary/aromatic N) is 3. The molecule has 0 spiro atoms. The van der Waals surface area contributed by atoms with Gasteiger partial charge in [0.15, 0.2) is 0 Å². The van der Waals surface area contributed by atoms with E-state index in [9.17, 15) is 22.8 Å². The standard InChI is InChI=1S/C20H23ClF3N5O2/c1-28-19(31)16(4-7-27-28)26-12-18(30)29-8-5-13(6-9-29)11-25-17-10-14(20(22,23)24)2-3-15(17)21/h2-4,7,10,13,25-26H,5-6,8-9,11-12H2,1H3. The first kappa shape index (κ1) is 22.9. The van der Waals surface area contributed by atoms with Gasteiger partial charge in [-0.3, -0.25) is 9.59 Å². The van der Waals surface area contributed by atoms with Gasteiger partial charge in [0, 0.05) is 32.9 Å². The predicted octanol–water partition coefficient (Wildman–Crippen LogP) is 3.22. The van der Waals surface area contributed by atoms with Gasteiger partial charge in [-0.15, -0.1) is 0 Å². The molecule has 11 heteroatoms. The molecule has 1 aromatic heterocycles. The van der Waals surface area contributed by atoms with Crippen LogP contribution in [0.1, 0.15) is 18.4 Å². The largest absolute Gasteiger partial charge is 0.416 e. The summed E-state index contributed by atoms with van der Waals surface area (Å²) in [7, 11) is 1.53. The molecule has 1 amide bonds. The average molecular weight is 458 g/mol. The van der Waals surface area contributed by atoms with Crippen molar-refractivity contribution < 1.29 is 18.0 Å². The van der Waals surface area contributed by atoms with Gasteiger partial charge >= 0.3 is 6.18 Å². The van der Waals surface area contributed by atoms with Gasteiger partial charge in [0.2, 0.25) is 5.91 Å². The van der Waals surface area contributed by atoms with E-state index >= 15 is 0 Å². The van der Waals surface area contributed by atoms with E-state index in [2.05, 4.69) is 15.7 Å². The Labute approximate surface area is 182 Å². The zero-order chi connectivity index (χ0) is 22.6. The monoisotopic (exact) mass is 457 g/mol. The molecule has 0 unspecified atom stereocenters. The summed E-state index contributed by atoms with van der Waals surface area (Å²) in [6, 6.07) is 4.72. The normalized spacial score (nSPS) is 15.1. The second-order valence-electron chi connectivity index (χ2n) is 7.42. The zero-order valence-corrected chi connectivity index (χ0v) is 17.6. The smallest absolute Gasteiger partial charge is 0.384 e. The number of hydrogen-bond acceptors (Lipinski definition) is 5. The summed E-state index contributed by atoms with van der Waals surface area (Å²) in [5.41, 5.74) is -0.509.